The van der Waals surface area contributed by atoms with E-state index in [9.17, 15) is 41.4 Å². The fourth-order valence-corrected chi connectivity index (χ4v) is 4.56. The van der Waals surface area contributed by atoms with Gasteiger partial charge in [-0.05, 0) is 60.7 Å². The Bertz CT molecular complexity index is 1900. The molecule has 0 unspecified atom stereocenters. The number of aliphatic hydroxyl groups excluding tert-OH is 1. The van der Waals surface area contributed by atoms with Crippen LogP contribution in [0.4, 0.5) is 5.69 Å². The van der Waals surface area contributed by atoms with E-state index in [0.29, 0.717) is 5.01 Å². The topological polar surface area (TPSA) is 246 Å². The van der Waals surface area contributed by atoms with E-state index in [1.165, 1.54) is 12.1 Å². The molecule has 0 saturated heterocycles. The molecule has 0 bridgehead atoms. The zero-order chi connectivity index (χ0) is 30.1. The number of hydrogen-bond donors (Lipinski definition) is 5. The lowest BCUT2D eigenvalue weighted by Crippen LogP contribution is -2.22. The van der Waals surface area contributed by atoms with Crippen LogP contribution in [0.25, 0.3) is 11.8 Å². The van der Waals surface area contributed by atoms with Gasteiger partial charge in [0.05, 0.1) is 26.7 Å². The van der Waals surface area contributed by atoms with Crippen molar-refractivity contribution in [3.05, 3.63) is 82.2 Å². The molecule has 16 nitrogen and oxygen atoms in total. The zero-order valence-corrected chi connectivity index (χ0v) is 21.9. The maximum absolute atomic E-state index is 13.0. The highest BCUT2D eigenvalue weighted by Gasteiger charge is 2.35. The molecular weight excluding hydrogens is 588 g/mol. The van der Waals surface area contributed by atoms with Crippen LogP contribution in [0.3, 0.4) is 0 Å². The monoisotopic (exact) mass is 606 g/mol. The Kier molecular flexibility index (Phi) is 7.77. The number of carbonyl (C=O) groups is 2. The second-order valence-electron chi connectivity index (χ2n) is 8.02. The maximum atomic E-state index is 13.0. The van der Waals surface area contributed by atoms with Crippen molar-refractivity contribution in [3.63, 3.8) is 0 Å². The van der Waals surface area contributed by atoms with Crippen molar-refractivity contribution in [2.75, 3.05) is 11.8 Å². The second-order valence-corrected chi connectivity index (χ2v) is 10.9. The minimum Gasteiger partial charge on any atom is -0.476 e. The Labute approximate surface area is 230 Å². The number of ether oxygens (including phenoxy) is 1. The third-order valence-electron chi connectivity index (χ3n) is 5.48. The van der Waals surface area contributed by atoms with E-state index in [1.54, 1.807) is 0 Å². The van der Waals surface area contributed by atoms with Gasteiger partial charge in [0.2, 0.25) is 5.88 Å². The predicted molar refractivity (Wildman–Crippen MR) is 140 cm³/mol. The van der Waals surface area contributed by atoms with Gasteiger partial charge in [-0.15, -0.1) is 0 Å². The number of allylic oxidation sites excluding steroid dienone is 2. The minimum atomic E-state index is -4.51. The molecule has 0 saturated carbocycles. The summed E-state index contributed by atoms with van der Waals surface area (Å²) in [5, 5.41) is 25.8. The van der Waals surface area contributed by atoms with Crippen molar-refractivity contribution in [2.24, 2.45) is 5.10 Å². The van der Waals surface area contributed by atoms with Gasteiger partial charge in [0, 0.05) is 0 Å². The fourth-order valence-electron chi connectivity index (χ4n) is 3.60. The molecule has 5 N–H and O–H groups in total. The molecule has 214 valence electrons. The number of carboxylic acid groups (broad SMARTS) is 1. The van der Waals surface area contributed by atoms with E-state index < -0.39 is 65.5 Å². The Balaban J connectivity index is 1.67. The number of nitrogens with zero attached hydrogens (tertiary/aromatic N) is 3. The van der Waals surface area contributed by atoms with Crippen LogP contribution in [0.5, 0.6) is 5.88 Å². The molecule has 1 aliphatic heterocycles. The van der Waals surface area contributed by atoms with Crippen LogP contribution in [-0.4, -0.2) is 70.3 Å². The summed E-state index contributed by atoms with van der Waals surface area (Å²) in [5.41, 5.74) is -1.84. The van der Waals surface area contributed by atoms with Crippen LogP contribution >= 0.6 is 0 Å². The number of aliphatic hydroxyl groups is 1. The lowest BCUT2D eigenvalue weighted by Gasteiger charge is -2.11. The number of carboxylic acids is 1. The largest absolute Gasteiger partial charge is 0.476 e. The number of H-pyrrole nitrogens is 1. The van der Waals surface area contributed by atoms with Crippen LogP contribution < -0.4 is 15.3 Å². The quantitative estimate of drug-likeness (QED) is 0.126. The second kappa shape index (κ2) is 10.9. The molecular formula is C23H18N4O12S2. The first-order valence-corrected chi connectivity index (χ1v) is 13.9. The first-order chi connectivity index (χ1) is 19.2. The molecule has 0 radical (unpaired) electrons. The van der Waals surface area contributed by atoms with E-state index in [-0.39, 0.29) is 22.8 Å². The summed E-state index contributed by atoms with van der Waals surface area (Å²) >= 11 is 0. The summed E-state index contributed by atoms with van der Waals surface area (Å²) in [5.74, 6) is -2.68. The summed E-state index contributed by atoms with van der Waals surface area (Å²) in [6.45, 7) is -0.844. The normalized spacial score (nSPS) is 15.1. The number of anilines is 1. The van der Waals surface area contributed by atoms with Crippen molar-refractivity contribution in [2.45, 2.75) is 9.79 Å². The Hall–Kier alpha value is -4.88. The highest BCUT2D eigenvalue weighted by Crippen LogP contribution is 2.26. The van der Waals surface area contributed by atoms with Gasteiger partial charge in [0.25, 0.3) is 31.7 Å². The molecule has 18 heteroatoms. The molecule has 1 aliphatic rings. The molecule has 2 aromatic carbocycles. The molecule has 0 aliphatic carbocycles. The SMILES string of the molecule is O=C(O)C1=NN(c2ccc(S(=O)(=O)O)cc2)C(=O)C1=CC=Cc1c(OCO)[nH]n(-c2ccc(S(=O)(=O)O)cc2)c1=O. The molecule has 3 aromatic rings. The lowest BCUT2D eigenvalue weighted by molar-refractivity contribution is -0.129. The van der Waals surface area contributed by atoms with Gasteiger partial charge in [-0.1, -0.05) is 6.08 Å². The van der Waals surface area contributed by atoms with Crippen molar-refractivity contribution < 1.29 is 50.5 Å². The summed E-state index contributed by atoms with van der Waals surface area (Å²) in [7, 11) is -8.99. The average molecular weight is 607 g/mol. The third-order valence-corrected chi connectivity index (χ3v) is 7.21. The van der Waals surface area contributed by atoms with Gasteiger partial charge in [-0.3, -0.25) is 23.8 Å². The number of aromatic nitrogens is 2. The number of nitrogens with one attached hydrogen (secondary N) is 1. The standard InChI is InChI=1S/C23H18N4O12S2/c28-12-39-20-18(22(30)27(25-20)14-6-10-16(11-7-14)41(36,37)38)3-1-2-17-19(23(31)32)24-26(21(17)29)13-4-8-15(9-5-13)40(33,34)35/h1-11,25,28H,12H2,(H,31,32)(H,33,34,35)(H,36,37,38). The smallest absolute Gasteiger partial charge is 0.357 e. The zero-order valence-electron chi connectivity index (χ0n) is 20.3. The Morgan fingerprint density at radius 1 is 0.927 bits per heavy atom. The summed E-state index contributed by atoms with van der Waals surface area (Å²) in [4.78, 5) is 36.9. The highest BCUT2D eigenvalue weighted by molar-refractivity contribution is 7.86. The molecule has 2 heterocycles. The van der Waals surface area contributed by atoms with Gasteiger partial charge >= 0.3 is 5.97 Å². The number of rotatable bonds is 9. The van der Waals surface area contributed by atoms with E-state index in [4.69, 9.17) is 13.8 Å². The highest BCUT2D eigenvalue weighted by atomic mass is 32.2. The number of hydrazone groups is 1. The first-order valence-electron chi connectivity index (χ1n) is 11.0. The van der Waals surface area contributed by atoms with E-state index in [2.05, 4.69) is 10.2 Å². The predicted octanol–water partition coefficient (Wildman–Crippen LogP) is 0.415. The molecule has 4 rings (SSSR count). The molecule has 0 fully saturated rings. The minimum absolute atomic E-state index is 0.000647. The fraction of sp³-hybridized carbons (Fsp3) is 0.0435. The number of aromatic amines is 1. The molecule has 0 spiro atoms. The van der Waals surface area contributed by atoms with Crippen LogP contribution in [0, 0.1) is 0 Å². The summed E-state index contributed by atoms with van der Waals surface area (Å²) in [6, 6.07) is 8.76. The molecule has 41 heavy (non-hydrogen) atoms. The summed E-state index contributed by atoms with van der Waals surface area (Å²) in [6.07, 6.45) is 3.36. The van der Waals surface area contributed by atoms with Gasteiger partial charge in [-0.25, -0.2) is 9.48 Å². The summed E-state index contributed by atoms with van der Waals surface area (Å²) < 4.78 is 69.3. The van der Waals surface area contributed by atoms with Crippen LogP contribution in [0.1, 0.15) is 5.56 Å². The molecule has 0 atom stereocenters. The van der Waals surface area contributed by atoms with E-state index in [1.807, 2.05) is 0 Å². The third kappa shape index (κ3) is 6.00. The Morgan fingerprint density at radius 2 is 1.46 bits per heavy atom. The molecule has 1 amide bonds. The van der Waals surface area contributed by atoms with Gasteiger partial charge in [-0.2, -0.15) is 26.9 Å². The van der Waals surface area contributed by atoms with Crippen molar-refractivity contribution in [3.8, 4) is 11.6 Å². The van der Waals surface area contributed by atoms with Crippen molar-refractivity contribution >= 4 is 49.6 Å². The lowest BCUT2D eigenvalue weighted by atomic mass is 10.1. The molecule has 1 aromatic heterocycles. The van der Waals surface area contributed by atoms with Gasteiger partial charge < -0.3 is 14.9 Å². The number of carbonyl (C=O) groups excluding carboxylic acids is 1. The number of aliphatic carboxylic acids is 1. The van der Waals surface area contributed by atoms with Crippen LogP contribution in [-0.2, 0) is 29.8 Å². The van der Waals surface area contributed by atoms with Crippen LogP contribution in [0.15, 0.2) is 85.9 Å². The Morgan fingerprint density at radius 3 is 1.95 bits per heavy atom. The first kappa shape index (κ1) is 29.1. The van der Waals surface area contributed by atoms with Crippen molar-refractivity contribution in [1.82, 2.24) is 9.78 Å². The van der Waals surface area contributed by atoms with Crippen molar-refractivity contribution in [1.29, 1.82) is 0 Å². The number of benzene rings is 2. The van der Waals surface area contributed by atoms with E-state index in [0.717, 1.165) is 59.3 Å². The van der Waals surface area contributed by atoms with E-state index >= 15 is 0 Å². The maximum Gasteiger partial charge on any atom is 0.357 e. The van der Waals surface area contributed by atoms with Gasteiger partial charge in [0.1, 0.15) is 5.56 Å². The van der Waals surface area contributed by atoms with Gasteiger partial charge in [0.15, 0.2) is 12.5 Å². The number of hydrogen-bond acceptors (Lipinski definition) is 10. The number of amides is 1. The average Bonchev–Trinajstić information content (AvgIpc) is 3.40. The van der Waals surface area contributed by atoms with Crippen LogP contribution in [0.2, 0.25) is 0 Å².